The molecule has 20 heavy (non-hydrogen) atoms. The van der Waals surface area contributed by atoms with Crippen molar-refractivity contribution >= 4 is 29.9 Å². The number of hydrogen-bond donors (Lipinski definition) is 2. The van der Waals surface area contributed by atoms with E-state index in [-0.39, 0.29) is 24.0 Å². The Labute approximate surface area is 137 Å². The lowest BCUT2D eigenvalue weighted by atomic mass is 10.2. The Balaban J connectivity index is 0.00000361. The summed E-state index contributed by atoms with van der Waals surface area (Å²) in [5.41, 5.74) is 0. The number of aryl methyl sites for hydroxylation is 1. The smallest absolute Gasteiger partial charge is 0.226 e. The van der Waals surface area contributed by atoms with Gasteiger partial charge < -0.3 is 15.2 Å². The van der Waals surface area contributed by atoms with Crippen LogP contribution >= 0.6 is 24.0 Å². The van der Waals surface area contributed by atoms with E-state index in [0.717, 1.165) is 31.2 Å². The van der Waals surface area contributed by atoms with Gasteiger partial charge in [-0.05, 0) is 6.42 Å². The van der Waals surface area contributed by atoms with E-state index in [1.54, 1.807) is 13.1 Å². The summed E-state index contributed by atoms with van der Waals surface area (Å²) < 4.78 is 5.18. The molecule has 0 aliphatic rings. The molecule has 0 aliphatic heterocycles. The van der Waals surface area contributed by atoms with Gasteiger partial charge in [0.2, 0.25) is 5.89 Å². The fraction of sp³-hybridized carbons (Fsp3) is 0.615. The van der Waals surface area contributed by atoms with Gasteiger partial charge in [0.15, 0.2) is 11.8 Å². The van der Waals surface area contributed by atoms with Gasteiger partial charge in [-0.25, -0.2) is 0 Å². The molecule has 1 aromatic rings. The second-order valence-electron chi connectivity index (χ2n) is 4.47. The van der Waals surface area contributed by atoms with Crippen LogP contribution in [-0.2, 0) is 6.42 Å². The third-order valence-corrected chi connectivity index (χ3v) is 2.50. The number of guanidine groups is 1. The second-order valence-corrected chi connectivity index (χ2v) is 4.47. The van der Waals surface area contributed by atoms with Crippen LogP contribution in [0.25, 0.3) is 0 Å². The van der Waals surface area contributed by atoms with Crippen LogP contribution < -0.4 is 10.6 Å². The van der Waals surface area contributed by atoms with Gasteiger partial charge >= 0.3 is 0 Å². The van der Waals surface area contributed by atoms with E-state index in [4.69, 9.17) is 4.52 Å². The topological polar surface area (TPSA) is 75.3 Å². The van der Waals surface area contributed by atoms with Gasteiger partial charge in [0.1, 0.15) is 0 Å². The highest BCUT2D eigenvalue weighted by Gasteiger charge is 2.08. The van der Waals surface area contributed by atoms with Crippen LogP contribution in [0.4, 0.5) is 0 Å². The lowest BCUT2D eigenvalue weighted by molar-refractivity contribution is 0.368. The fourth-order valence-corrected chi connectivity index (χ4v) is 1.44. The minimum Gasteiger partial charge on any atom is -0.356 e. The molecule has 0 atom stereocenters. The van der Waals surface area contributed by atoms with E-state index >= 15 is 0 Å². The molecule has 1 aromatic heterocycles. The first-order valence-corrected chi connectivity index (χ1v) is 6.55. The van der Waals surface area contributed by atoms with Crippen LogP contribution in [0.1, 0.15) is 37.9 Å². The average molecular weight is 393 g/mol. The Morgan fingerprint density at radius 2 is 2.20 bits per heavy atom. The molecule has 114 valence electrons. The molecule has 0 aromatic carbocycles. The van der Waals surface area contributed by atoms with Gasteiger partial charge in [-0.3, -0.25) is 4.99 Å². The Morgan fingerprint density at radius 3 is 2.75 bits per heavy atom. The first-order valence-electron chi connectivity index (χ1n) is 6.55. The van der Waals surface area contributed by atoms with Crippen molar-refractivity contribution in [1.29, 1.82) is 0 Å². The summed E-state index contributed by atoms with van der Waals surface area (Å²) in [6.45, 7) is 9.24. The summed E-state index contributed by atoms with van der Waals surface area (Å²) in [7, 11) is 1.74. The molecule has 0 unspecified atom stereocenters. The zero-order valence-electron chi connectivity index (χ0n) is 12.3. The molecule has 0 saturated heterocycles. The molecule has 2 N–H and O–H groups in total. The van der Waals surface area contributed by atoms with E-state index in [9.17, 15) is 0 Å². The molecule has 7 heteroatoms. The molecule has 0 amide bonds. The van der Waals surface area contributed by atoms with Crippen LogP contribution in [0.2, 0.25) is 0 Å². The molecule has 1 heterocycles. The summed E-state index contributed by atoms with van der Waals surface area (Å²) >= 11 is 0. The van der Waals surface area contributed by atoms with Gasteiger partial charge in [0.25, 0.3) is 0 Å². The lowest BCUT2D eigenvalue weighted by Crippen LogP contribution is -2.37. The van der Waals surface area contributed by atoms with Crippen molar-refractivity contribution in [3.63, 3.8) is 0 Å². The van der Waals surface area contributed by atoms with Crippen molar-refractivity contribution in [2.45, 2.75) is 32.6 Å². The van der Waals surface area contributed by atoms with Gasteiger partial charge in [0, 0.05) is 32.5 Å². The minimum atomic E-state index is 0. The highest BCUT2D eigenvalue weighted by atomic mass is 127. The maximum Gasteiger partial charge on any atom is 0.226 e. The van der Waals surface area contributed by atoms with Crippen LogP contribution in [0.3, 0.4) is 0 Å². The highest BCUT2D eigenvalue weighted by molar-refractivity contribution is 14.0. The third kappa shape index (κ3) is 6.88. The first-order chi connectivity index (χ1) is 9.17. The number of rotatable bonds is 7. The average Bonchev–Trinajstić information content (AvgIpc) is 2.87. The third-order valence-electron chi connectivity index (χ3n) is 2.50. The van der Waals surface area contributed by atoms with Crippen molar-refractivity contribution in [2.24, 2.45) is 4.99 Å². The molecular formula is C13H24IN5O. The molecule has 0 radical (unpaired) electrons. The SMILES string of the molecule is C=CCNC(=NC)NCCCc1nc(C(C)C)no1.I. The Hall–Kier alpha value is -1.12. The number of nitrogens with zero attached hydrogens (tertiary/aromatic N) is 3. The summed E-state index contributed by atoms with van der Waals surface area (Å²) in [5, 5.41) is 10.2. The first kappa shape index (κ1) is 18.9. The molecule has 0 aliphatic carbocycles. The van der Waals surface area contributed by atoms with Crippen LogP contribution in [0.15, 0.2) is 22.2 Å². The van der Waals surface area contributed by atoms with Crippen LogP contribution in [0.5, 0.6) is 0 Å². The molecular weight excluding hydrogens is 369 g/mol. The number of nitrogens with one attached hydrogen (secondary N) is 2. The maximum atomic E-state index is 5.18. The van der Waals surface area contributed by atoms with Gasteiger partial charge in [-0.1, -0.05) is 25.1 Å². The standard InChI is InChI=1S/C13H23N5O.HI/c1-5-8-15-13(14-4)16-9-6-7-11-17-12(10(2)3)18-19-11;/h5,10H,1,6-9H2,2-4H3,(H2,14,15,16);1H. The predicted octanol–water partition coefficient (Wildman–Crippen LogP) is 2.09. The summed E-state index contributed by atoms with van der Waals surface area (Å²) in [6, 6.07) is 0. The maximum absolute atomic E-state index is 5.18. The van der Waals surface area contributed by atoms with E-state index in [2.05, 4.69) is 32.3 Å². The van der Waals surface area contributed by atoms with Gasteiger partial charge in [0.05, 0.1) is 0 Å². The minimum absolute atomic E-state index is 0. The number of aromatic nitrogens is 2. The van der Waals surface area contributed by atoms with Crippen LogP contribution in [0, 0.1) is 0 Å². The van der Waals surface area contributed by atoms with E-state index < -0.39 is 0 Å². The zero-order valence-corrected chi connectivity index (χ0v) is 14.7. The Bertz CT molecular complexity index is 417. The monoisotopic (exact) mass is 393 g/mol. The van der Waals surface area contributed by atoms with Crippen molar-refractivity contribution in [2.75, 3.05) is 20.1 Å². The summed E-state index contributed by atoms with van der Waals surface area (Å²) in [6.07, 6.45) is 3.47. The van der Waals surface area contributed by atoms with Crippen molar-refractivity contribution in [3.8, 4) is 0 Å². The number of hydrogen-bond acceptors (Lipinski definition) is 4. The molecule has 0 spiro atoms. The number of aliphatic imine (C=N–C) groups is 1. The van der Waals surface area contributed by atoms with Gasteiger partial charge in [-0.15, -0.1) is 30.6 Å². The van der Waals surface area contributed by atoms with E-state index in [1.807, 2.05) is 13.8 Å². The number of halogens is 1. The van der Waals surface area contributed by atoms with Crippen LogP contribution in [-0.4, -0.2) is 36.2 Å². The van der Waals surface area contributed by atoms with E-state index in [0.29, 0.717) is 18.4 Å². The van der Waals surface area contributed by atoms with Crippen molar-refractivity contribution in [1.82, 2.24) is 20.8 Å². The fourth-order valence-electron chi connectivity index (χ4n) is 1.44. The normalized spacial score (nSPS) is 11.1. The largest absolute Gasteiger partial charge is 0.356 e. The molecule has 1 rings (SSSR count). The summed E-state index contributed by atoms with van der Waals surface area (Å²) in [5.74, 6) is 2.54. The lowest BCUT2D eigenvalue weighted by Gasteiger charge is -2.09. The van der Waals surface area contributed by atoms with Gasteiger partial charge in [-0.2, -0.15) is 4.98 Å². The molecule has 6 nitrogen and oxygen atoms in total. The van der Waals surface area contributed by atoms with E-state index in [1.165, 1.54) is 0 Å². The highest BCUT2D eigenvalue weighted by Crippen LogP contribution is 2.10. The molecule has 0 fully saturated rings. The molecule has 0 saturated carbocycles. The van der Waals surface area contributed by atoms with Crippen molar-refractivity contribution in [3.05, 3.63) is 24.4 Å². The second kappa shape index (κ2) is 10.6. The Morgan fingerprint density at radius 1 is 1.45 bits per heavy atom. The quantitative estimate of drug-likeness (QED) is 0.244. The zero-order chi connectivity index (χ0) is 14.1. The predicted molar refractivity (Wildman–Crippen MR) is 91.7 cm³/mol. The molecule has 0 bridgehead atoms. The Kier molecular flexibility index (Phi) is 10.0. The van der Waals surface area contributed by atoms with Crippen molar-refractivity contribution < 1.29 is 4.52 Å². The summed E-state index contributed by atoms with van der Waals surface area (Å²) in [4.78, 5) is 8.42.